The van der Waals surface area contributed by atoms with E-state index in [1.54, 1.807) is 17.6 Å². The second kappa shape index (κ2) is 8.98. The molecule has 166 valence electrons. The fourth-order valence-corrected chi connectivity index (χ4v) is 6.28. The molecule has 2 N–H and O–H groups in total. The van der Waals surface area contributed by atoms with E-state index in [9.17, 15) is 13.2 Å². The SMILES string of the molecule is O=C(CC1(S(=O)(=O)c2ccc(Oc3ccccc3)cc2)CCN(CC2CC2)CC1)NO. The van der Waals surface area contributed by atoms with Crippen molar-refractivity contribution < 1.29 is 23.2 Å². The lowest BCUT2D eigenvalue weighted by atomic mass is 9.92. The molecule has 0 atom stereocenters. The summed E-state index contributed by atoms with van der Waals surface area (Å²) in [6.45, 7) is 2.25. The van der Waals surface area contributed by atoms with Crippen molar-refractivity contribution in [3.05, 3.63) is 54.6 Å². The molecule has 2 aliphatic rings. The Morgan fingerprint density at radius 2 is 1.65 bits per heavy atom. The molecule has 7 nitrogen and oxygen atoms in total. The van der Waals surface area contributed by atoms with Crippen molar-refractivity contribution in [1.29, 1.82) is 0 Å². The fraction of sp³-hybridized carbons (Fsp3) is 0.435. The van der Waals surface area contributed by atoms with Crippen LogP contribution in [0.3, 0.4) is 0 Å². The number of rotatable bonds is 8. The maximum atomic E-state index is 13.7. The van der Waals surface area contributed by atoms with Gasteiger partial charge in [-0.05, 0) is 81.1 Å². The predicted octanol–water partition coefficient (Wildman–Crippen LogP) is 3.39. The summed E-state index contributed by atoms with van der Waals surface area (Å²) in [7, 11) is -3.81. The van der Waals surface area contributed by atoms with Gasteiger partial charge >= 0.3 is 0 Å². The molecule has 0 bridgehead atoms. The molecular formula is C23H28N2O5S. The molecule has 1 saturated carbocycles. The number of sulfone groups is 1. The van der Waals surface area contributed by atoms with Gasteiger partial charge in [-0.2, -0.15) is 0 Å². The van der Waals surface area contributed by atoms with Gasteiger partial charge in [-0.15, -0.1) is 0 Å². The summed E-state index contributed by atoms with van der Waals surface area (Å²) in [5.74, 6) is 1.24. The third-order valence-electron chi connectivity index (χ3n) is 6.27. The van der Waals surface area contributed by atoms with Crippen LogP contribution in [0.2, 0.25) is 0 Å². The minimum absolute atomic E-state index is 0.161. The number of likely N-dealkylation sites (tertiary alicyclic amines) is 1. The maximum Gasteiger partial charge on any atom is 0.244 e. The van der Waals surface area contributed by atoms with Crippen LogP contribution in [0.1, 0.15) is 32.1 Å². The van der Waals surface area contributed by atoms with Gasteiger partial charge in [-0.25, -0.2) is 13.9 Å². The minimum atomic E-state index is -3.81. The van der Waals surface area contributed by atoms with E-state index in [4.69, 9.17) is 9.94 Å². The summed E-state index contributed by atoms with van der Waals surface area (Å²) in [6.07, 6.45) is 2.94. The lowest BCUT2D eigenvalue weighted by molar-refractivity contribution is -0.130. The smallest absolute Gasteiger partial charge is 0.244 e. The molecule has 31 heavy (non-hydrogen) atoms. The molecule has 1 amide bonds. The highest BCUT2D eigenvalue weighted by molar-refractivity contribution is 7.92. The van der Waals surface area contributed by atoms with E-state index in [2.05, 4.69) is 4.90 Å². The number of hydrogen-bond acceptors (Lipinski definition) is 6. The van der Waals surface area contributed by atoms with E-state index >= 15 is 0 Å². The van der Waals surface area contributed by atoms with E-state index in [1.165, 1.54) is 25.0 Å². The fourth-order valence-electron chi connectivity index (χ4n) is 4.24. The zero-order chi connectivity index (χ0) is 21.9. The van der Waals surface area contributed by atoms with Crippen molar-refractivity contribution in [2.24, 2.45) is 5.92 Å². The molecule has 2 aromatic rings. The molecule has 1 heterocycles. The summed E-state index contributed by atoms with van der Waals surface area (Å²) >= 11 is 0. The number of hydrogen-bond donors (Lipinski definition) is 2. The van der Waals surface area contributed by atoms with Crippen molar-refractivity contribution in [2.75, 3.05) is 19.6 Å². The van der Waals surface area contributed by atoms with Crippen LogP contribution < -0.4 is 10.2 Å². The van der Waals surface area contributed by atoms with E-state index < -0.39 is 20.5 Å². The molecule has 1 aliphatic carbocycles. The van der Waals surface area contributed by atoms with E-state index in [0.717, 1.165) is 12.5 Å². The Hall–Kier alpha value is -2.42. The lowest BCUT2D eigenvalue weighted by Crippen LogP contribution is -2.51. The second-order valence-electron chi connectivity index (χ2n) is 8.53. The van der Waals surface area contributed by atoms with Crippen molar-refractivity contribution in [2.45, 2.75) is 41.7 Å². The highest BCUT2D eigenvalue weighted by Crippen LogP contribution is 2.40. The molecule has 0 radical (unpaired) electrons. The Bertz CT molecular complexity index is 996. The Labute approximate surface area is 182 Å². The molecule has 4 rings (SSSR count). The Balaban J connectivity index is 1.54. The highest BCUT2D eigenvalue weighted by atomic mass is 32.2. The first-order valence-corrected chi connectivity index (χ1v) is 12.1. The van der Waals surface area contributed by atoms with Crippen molar-refractivity contribution in [3.63, 3.8) is 0 Å². The first-order chi connectivity index (χ1) is 14.9. The number of amides is 1. The van der Waals surface area contributed by atoms with Gasteiger partial charge in [0.1, 0.15) is 11.5 Å². The summed E-state index contributed by atoms with van der Waals surface area (Å²) < 4.78 is 31.8. The highest BCUT2D eigenvalue weighted by Gasteiger charge is 2.48. The number of piperidine rings is 1. The number of ether oxygens (including phenoxy) is 1. The number of carbonyl (C=O) groups excluding carboxylic acids is 1. The van der Waals surface area contributed by atoms with Crippen LogP contribution in [0.5, 0.6) is 11.5 Å². The monoisotopic (exact) mass is 444 g/mol. The standard InChI is InChI=1S/C23H28N2O5S/c26-22(24-27)16-23(12-14-25(15-13-23)17-18-6-7-18)31(28,29)21-10-8-20(9-11-21)30-19-4-2-1-3-5-19/h1-5,8-11,18,27H,6-7,12-17H2,(H,24,26). The quantitative estimate of drug-likeness (QED) is 0.479. The Morgan fingerprint density at radius 3 is 2.23 bits per heavy atom. The number of nitrogens with one attached hydrogen (secondary N) is 1. The summed E-state index contributed by atoms with van der Waals surface area (Å²) in [6, 6.07) is 15.6. The van der Waals surface area contributed by atoms with Crippen molar-refractivity contribution in [1.82, 2.24) is 10.4 Å². The van der Waals surface area contributed by atoms with Crippen LogP contribution >= 0.6 is 0 Å². The molecule has 0 aromatic heterocycles. The molecule has 8 heteroatoms. The molecule has 1 saturated heterocycles. The molecule has 0 spiro atoms. The molecular weight excluding hydrogens is 416 g/mol. The summed E-state index contributed by atoms with van der Waals surface area (Å²) in [4.78, 5) is 14.5. The minimum Gasteiger partial charge on any atom is -0.457 e. The molecule has 2 fully saturated rings. The van der Waals surface area contributed by atoms with Crippen LogP contribution in [-0.4, -0.2) is 48.8 Å². The predicted molar refractivity (Wildman–Crippen MR) is 116 cm³/mol. The Morgan fingerprint density at radius 1 is 1.03 bits per heavy atom. The van der Waals surface area contributed by atoms with Gasteiger partial charge in [0.15, 0.2) is 9.84 Å². The average molecular weight is 445 g/mol. The molecule has 1 aliphatic heterocycles. The summed E-state index contributed by atoms with van der Waals surface area (Å²) in [5, 5.41) is 9.05. The van der Waals surface area contributed by atoms with Crippen LogP contribution in [0.15, 0.2) is 59.5 Å². The second-order valence-corrected chi connectivity index (χ2v) is 10.9. The van der Waals surface area contributed by atoms with Gasteiger partial charge < -0.3 is 9.64 Å². The van der Waals surface area contributed by atoms with Gasteiger partial charge in [-0.3, -0.25) is 10.0 Å². The molecule has 2 aromatic carbocycles. The topological polar surface area (TPSA) is 95.9 Å². The van der Waals surface area contributed by atoms with Gasteiger partial charge in [0.05, 0.1) is 9.64 Å². The first kappa shape index (κ1) is 21.8. The summed E-state index contributed by atoms with van der Waals surface area (Å²) in [5.41, 5.74) is 1.61. The van der Waals surface area contributed by atoms with Gasteiger partial charge in [0, 0.05) is 13.0 Å². The Kier molecular flexibility index (Phi) is 6.31. The van der Waals surface area contributed by atoms with Crippen LogP contribution in [0, 0.1) is 5.92 Å². The number of carbonyl (C=O) groups is 1. The van der Waals surface area contributed by atoms with Gasteiger partial charge in [-0.1, -0.05) is 18.2 Å². The lowest BCUT2D eigenvalue weighted by Gasteiger charge is -2.40. The van der Waals surface area contributed by atoms with Crippen LogP contribution in [-0.2, 0) is 14.6 Å². The average Bonchev–Trinajstić information content (AvgIpc) is 3.60. The van der Waals surface area contributed by atoms with Crippen molar-refractivity contribution >= 4 is 15.7 Å². The normalized spacial score (nSPS) is 19.0. The van der Waals surface area contributed by atoms with Gasteiger partial charge in [0.2, 0.25) is 5.91 Å². The number of para-hydroxylation sites is 1. The zero-order valence-corrected chi connectivity index (χ0v) is 18.2. The van der Waals surface area contributed by atoms with Crippen molar-refractivity contribution in [3.8, 4) is 11.5 Å². The van der Waals surface area contributed by atoms with Gasteiger partial charge in [0.25, 0.3) is 0 Å². The maximum absolute atomic E-state index is 13.7. The van der Waals surface area contributed by atoms with Crippen LogP contribution in [0.25, 0.3) is 0 Å². The third-order valence-corrected chi connectivity index (χ3v) is 8.86. The van der Waals surface area contributed by atoms with E-state index in [-0.39, 0.29) is 11.3 Å². The van der Waals surface area contributed by atoms with E-state index in [0.29, 0.717) is 37.4 Å². The van der Waals surface area contributed by atoms with Crippen LogP contribution in [0.4, 0.5) is 0 Å². The third kappa shape index (κ3) is 4.92. The number of nitrogens with zero attached hydrogens (tertiary/aromatic N) is 1. The zero-order valence-electron chi connectivity index (χ0n) is 17.4. The number of hydroxylamine groups is 1. The first-order valence-electron chi connectivity index (χ1n) is 10.6. The number of benzene rings is 2. The molecule has 0 unspecified atom stereocenters. The largest absolute Gasteiger partial charge is 0.457 e. The van der Waals surface area contributed by atoms with E-state index in [1.807, 2.05) is 30.3 Å².